The lowest BCUT2D eigenvalue weighted by Gasteiger charge is -2.55. The van der Waals surface area contributed by atoms with Gasteiger partial charge in [0.1, 0.15) is 5.75 Å². The Morgan fingerprint density at radius 1 is 1.19 bits per heavy atom. The molecule has 0 aromatic heterocycles. The van der Waals surface area contributed by atoms with Crippen molar-refractivity contribution in [3.63, 3.8) is 0 Å². The van der Waals surface area contributed by atoms with E-state index in [1.54, 1.807) is 7.11 Å². The van der Waals surface area contributed by atoms with Crippen LogP contribution in [0.25, 0.3) is 0 Å². The first kappa shape index (κ1) is 17.8. The molecular weight excluding hydrogens is 328 g/mol. The number of aliphatic hydroxyl groups excluding tert-OH is 1. The number of amides is 1. The molecule has 5 heteroatoms. The van der Waals surface area contributed by atoms with Crippen LogP contribution in [0.1, 0.15) is 43.7 Å². The molecule has 0 unspecified atom stereocenters. The largest absolute Gasteiger partial charge is 0.497 e. The highest BCUT2D eigenvalue weighted by Gasteiger charge is 2.45. The molecule has 0 radical (unpaired) electrons. The first-order chi connectivity index (χ1) is 12.7. The van der Waals surface area contributed by atoms with E-state index < -0.39 is 0 Å². The Balaban J connectivity index is 1.51. The molecule has 142 valence electrons. The Labute approximate surface area is 155 Å². The number of methoxy groups -OCH3 is 1. The Morgan fingerprint density at radius 2 is 2.00 bits per heavy atom. The van der Waals surface area contributed by atoms with E-state index in [9.17, 15) is 4.79 Å². The molecule has 1 amide bonds. The number of hydrogen-bond donors (Lipinski definition) is 1. The number of likely N-dealkylation sites (tertiary alicyclic amines) is 1. The summed E-state index contributed by atoms with van der Waals surface area (Å²) in [6.07, 6.45) is 5.23. The van der Waals surface area contributed by atoms with Crippen LogP contribution in [-0.2, 0) is 4.79 Å². The summed E-state index contributed by atoms with van der Waals surface area (Å²) in [4.78, 5) is 17.0. The van der Waals surface area contributed by atoms with Gasteiger partial charge in [-0.15, -0.1) is 0 Å². The molecule has 0 spiro atoms. The van der Waals surface area contributed by atoms with E-state index >= 15 is 0 Å². The predicted octanol–water partition coefficient (Wildman–Crippen LogP) is 2.45. The molecule has 3 fully saturated rings. The fourth-order valence-electron chi connectivity index (χ4n) is 5.45. The third-order valence-electron chi connectivity index (χ3n) is 6.57. The van der Waals surface area contributed by atoms with Crippen LogP contribution in [0.5, 0.6) is 5.75 Å². The zero-order valence-corrected chi connectivity index (χ0v) is 15.6. The van der Waals surface area contributed by atoms with Crippen molar-refractivity contribution in [2.75, 3.05) is 33.4 Å². The maximum Gasteiger partial charge on any atom is 0.224 e. The quantitative estimate of drug-likeness (QED) is 0.898. The third kappa shape index (κ3) is 3.35. The van der Waals surface area contributed by atoms with Gasteiger partial charge in [0.15, 0.2) is 0 Å². The van der Waals surface area contributed by atoms with Crippen LogP contribution in [0.2, 0.25) is 0 Å². The van der Waals surface area contributed by atoms with Crippen molar-refractivity contribution in [2.24, 2.45) is 11.8 Å². The number of carbonyl (C=O) groups excluding carboxylic acids is 1. The Morgan fingerprint density at radius 3 is 2.73 bits per heavy atom. The second kappa shape index (κ2) is 7.57. The summed E-state index contributed by atoms with van der Waals surface area (Å²) in [6, 6.07) is 9.64. The van der Waals surface area contributed by atoms with E-state index in [2.05, 4.69) is 29.2 Å². The Kier molecular flexibility index (Phi) is 5.18. The van der Waals surface area contributed by atoms with Gasteiger partial charge in [0.2, 0.25) is 5.91 Å². The molecule has 1 aromatic carbocycles. The average molecular weight is 358 g/mol. The molecule has 3 aliphatic heterocycles. The molecule has 1 aromatic rings. The van der Waals surface area contributed by atoms with Gasteiger partial charge in [0.25, 0.3) is 0 Å². The zero-order valence-electron chi connectivity index (χ0n) is 15.6. The number of piperidine rings is 3. The molecule has 0 saturated carbocycles. The van der Waals surface area contributed by atoms with Crippen LogP contribution in [0.3, 0.4) is 0 Å². The van der Waals surface area contributed by atoms with E-state index in [1.807, 2.05) is 4.90 Å². The third-order valence-corrected chi connectivity index (χ3v) is 6.57. The van der Waals surface area contributed by atoms with Gasteiger partial charge in [-0.3, -0.25) is 9.69 Å². The number of fused-ring (bicyclic) bond motifs is 4. The summed E-state index contributed by atoms with van der Waals surface area (Å²) in [7, 11) is 1.71. The van der Waals surface area contributed by atoms with Crippen LogP contribution >= 0.6 is 0 Å². The molecular formula is C21H30N2O3. The van der Waals surface area contributed by atoms with Crippen molar-refractivity contribution in [3.05, 3.63) is 29.8 Å². The lowest BCUT2D eigenvalue weighted by atomic mass is 9.74. The van der Waals surface area contributed by atoms with Gasteiger partial charge < -0.3 is 14.7 Å². The lowest BCUT2D eigenvalue weighted by Crippen LogP contribution is -2.60. The zero-order chi connectivity index (χ0) is 18.1. The summed E-state index contributed by atoms with van der Waals surface area (Å²) in [5.74, 6) is 2.17. The molecule has 5 nitrogen and oxygen atoms in total. The molecule has 3 saturated heterocycles. The van der Waals surface area contributed by atoms with Gasteiger partial charge in [-0.2, -0.15) is 0 Å². The molecule has 3 aliphatic rings. The topological polar surface area (TPSA) is 53.0 Å². The summed E-state index contributed by atoms with van der Waals surface area (Å²) in [5, 5.41) is 9.09. The predicted molar refractivity (Wildman–Crippen MR) is 100.0 cm³/mol. The van der Waals surface area contributed by atoms with Gasteiger partial charge in [0.05, 0.1) is 13.7 Å². The van der Waals surface area contributed by atoms with E-state index in [-0.39, 0.29) is 18.9 Å². The number of nitrogens with zero attached hydrogens (tertiary/aromatic N) is 2. The van der Waals surface area contributed by atoms with Crippen LogP contribution in [0, 0.1) is 11.8 Å². The van der Waals surface area contributed by atoms with Crippen molar-refractivity contribution in [3.8, 4) is 5.75 Å². The fraction of sp³-hybridized carbons (Fsp3) is 0.667. The van der Waals surface area contributed by atoms with Gasteiger partial charge in [-0.05, 0) is 55.2 Å². The SMILES string of the molecule is COc1ccc([C@H]2CCC[C@H]3[C@@H]4C[C@@H](CN(C(=O)CCO)C4)CN23)cc1. The minimum absolute atomic E-state index is 0.0419. The average Bonchev–Trinajstić information content (AvgIpc) is 2.68. The maximum atomic E-state index is 12.3. The van der Waals surface area contributed by atoms with Gasteiger partial charge >= 0.3 is 0 Å². The van der Waals surface area contributed by atoms with Gasteiger partial charge in [-0.25, -0.2) is 0 Å². The Hall–Kier alpha value is -1.59. The second-order valence-electron chi connectivity index (χ2n) is 8.12. The molecule has 4 rings (SSSR count). The standard InChI is InChI=1S/C21H30N2O3/c1-26-18-7-5-16(6-8-18)19-3-2-4-20-17-11-15(13-23(19)20)12-22(14-17)21(25)9-10-24/h5-8,15,17,19-20,24H,2-4,9-14H2,1H3/t15-,17+,19+,20-/m0/s1. The van der Waals surface area contributed by atoms with Crippen LogP contribution in [-0.4, -0.2) is 60.2 Å². The maximum absolute atomic E-state index is 12.3. The number of rotatable bonds is 4. The molecule has 3 heterocycles. The van der Waals surface area contributed by atoms with E-state index in [4.69, 9.17) is 9.84 Å². The van der Waals surface area contributed by atoms with Crippen molar-refractivity contribution >= 4 is 5.91 Å². The minimum Gasteiger partial charge on any atom is -0.497 e. The normalized spacial score (nSPS) is 31.4. The first-order valence-corrected chi connectivity index (χ1v) is 9.98. The summed E-state index contributed by atoms with van der Waals surface area (Å²) in [6.45, 7) is 2.76. The van der Waals surface area contributed by atoms with E-state index in [0.717, 1.165) is 25.4 Å². The lowest BCUT2D eigenvalue weighted by molar-refractivity contribution is -0.139. The molecule has 2 bridgehead atoms. The van der Waals surface area contributed by atoms with Crippen molar-refractivity contribution in [1.29, 1.82) is 0 Å². The number of ether oxygens (including phenoxy) is 1. The molecule has 4 atom stereocenters. The van der Waals surface area contributed by atoms with Crippen molar-refractivity contribution in [1.82, 2.24) is 9.80 Å². The van der Waals surface area contributed by atoms with Gasteiger partial charge in [0, 0.05) is 38.1 Å². The van der Waals surface area contributed by atoms with Crippen LogP contribution in [0.4, 0.5) is 0 Å². The summed E-state index contributed by atoms with van der Waals surface area (Å²) < 4.78 is 5.31. The van der Waals surface area contributed by atoms with Crippen molar-refractivity contribution in [2.45, 2.75) is 44.2 Å². The number of carbonyl (C=O) groups is 1. The molecule has 1 N–H and O–H groups in total. The number of hydrogen-bond acceptors (Lipinski definition) is 4. The molecule has 26 heavy (non-hydrogen) atoms. The Bertz CT molecular complexity index is 633. The van der Waals surface area contributed by atoms with Crippen LogP contribution < -0.4 is 4.74 Å². The van der Waals surface area contributed by atoms with E-state index in [0.29, 0.717) is 23.9 Å². The second-order valence-corrected chi connectivity index (χ2v) is 8.12. The first-order valence-electron chi connectivity index (χ1n) is 9.98. The highest BCUT2D eigenvalue weighted by molar-refractivity contribution is 5.76. The summed E-state index contributed by atoms with van der Waals surface area (Å²) >= 11 is 0. The highest BCUT2D eigenvalue weighted by Crippen LogP contribution is 2.44. The van der Waals surface area contributed by atoms with Crippen molar-refractivity contribution < 1.29 is 14.6 Å². The summed E-state index contributed by atoms with van der Waals surface area (Å²) in [5.41, 5.74) is 1.39. The number of benzene rings is 1. The molecule has 0 aliphatic carbocycles. The number of aliphatic hydroxyl groups is 1. The smallest absolute Gasteiger partial charge is 0.224 e. The van der Waals surface area contributed by atoms with E-state index in [1.165, 1.54) is 31.2 Å². The fourth-order valence-corrected chi connectivity index (χ4v) is 5.45. The minimum atomic E-state index is -0.0419. The highest BCUT2D eigenvalue weighted by atomic mass is 16.5. The van der Waals surface area contributed by atoms with Crippen LogP contribution in [0.15, 0.2) is 24.3 Å². The monoisotopic (exact) mass is 358 g/mol. The van der Waals surface area contributed by atoms with Gasteiger partial charge in [-0.1, -0.05) is 12.1 Å².